The first-order valence-corrected chi connectivity index (χ1v) is 8.07. The summed E-state index contributed by atoms with van der Waals surface area (Å²) in [6.45, 7) is 2.93. The molecule has 1 amide bonds. The Labute approximate surface area is 131 Å². The predicted molar refractivity (Wildman–Crippen MR) is 84.5 cm³/mol. The second kappa shape index (κ2) is 9.37. The molecule has 1 aromatic carbocycles. The third-order valence-electron chi connectivity index (χ3n) is 2.62. The summed E-state index contributed by atoms with van der Waals surface area (Å²) in [6.07, 6.45) is 4.61. The van der Waals surface area contributed by atoms with Gasteiger partial charge in [0.1, 0.15) is 5.75 Å². The first-order chi connectivity index (χ1) is 9.15. The molecule has 19 heavy (non-hydrogen) atoms. The summed E-state index contributed by atoms with van der Waals surface area (Å²) < 4.78 is 7.16. The van der Waals surface area contributed by atoms with E-state index in [9.17, 15) is 4.79 Å². The SMILES string of the molecule is CCCCCCNC(=O)COc1c(Br)cccc1Br. The van der Waals surface area contributed by atoms with Crippen LogP contribution in [0.25, 0.3) is 0 Å². The molecule has 0 radical (unpaired) electrons. The summed E-state index contributed by atoms with van der Waals surface area (Å²) in [7, 11) is 0. The average molecular weight is 393 g/mol. The third-order valence-corrected chi connectivity index (χ3v) is 3.87. The number of benzene rings is 1. The van der Waals surface area contributed by atoms with Crippen molar-refractivity contribution < 1.29 is 9.53 Å². The standard InChI is InChI=1S/C14H19Br2NO2/c1-2-3-4-5-9-17-13(18)10-19-14-11(15)7-6-8-12(14)16/h6-8H,2-5,9-10H2,1H3,(H,17,18). The van der Waals surface area contributed by atoms with Gasteiger partial charge in [0, 0.05) is 6.54 Å². The largest absolute Gasteiger partial charge is 0.481 e. The van der Waals surface area contributed by atoms with Crippen molar-refractivity contribution in [2.75, 3.05) is 13.2 Å². The molecule has 0 spiro atoms. The molecule has 1 rings (SSSR count). The van der Waals surface area contributed by atoms with E-state index in [-0.39, 0.29) is 12.5 Å². The maximum absolute atomic E-state index is 11.6. The second-order valence-corrected chi connectivity index (χ2v) is 5.96. The van der Waals surface area contributed by atoms with Gasteiger partial charge in [0.25, 0.3) is 5.91 Å². The Balaban J connectivity index is 2.26. The van der Waals surface area contributed by atoms with Crippen molar-refractivity contribution in [2.45, 2.75) is 32.6 Å². The number of rotatable bonds is 8. The molecule has 0 unspecified atom stereocenters. The molecule has 5 heteroatoms. The van der Waals surface area contributed by atoms with Crippen molar-refractivity contribution in [3.8, 4) is 5.75 Å². The number of hydrogen-bond donors (Lipinski definition) is 1. The average Bonchev–Trinajstić information content (AvgIpc) is 2.38. The summed E-state index contributed by atoms with van der Waals surface area (Å²) in [5.41, 5.74) is 0. The highest BCUT2D eigenvalue weighted by molar-refractivity contribution is 9.11. The number of amides is 1. The van der Waals surface area contributed by atoms with Gasteiger partial charge in [0.2, 0.25) is 0 Å². The summed E-state index contributed by atoms with van der Waals surface area (Å²) in [4.78, 5) is 11.6. The molecule has 0 heterocycles. The molecule has 0 bridgehead atoms. The van der Waals surface area contributed by atoms with Crippen LogP contribution in [0, 0.1) is 0 Å². The van der Waals surface area contributed by atoms with Gasteiger partial charge in [-0.05, 0) is 50.4 Å². The van der Waals surface area contributed by atoms with Crippen LogP contribution in [-0.2, 0) is 4.79 Å². The van der Waals surface area contributed by atoms with Gasteiger partial charge in [0.05, 0.1) is 8.95 Å². The van der Waals surface area contributed by atoms with Gasteiger partial charge in [-0.2, -0.15) is 0 Å². The van der Waals surface area contributed by atoms with E-state index in [0.29, 0.717) is 5.75 Å². The van der Waals surface area contributed by atoms with Crippen LogP contribution in [0.2, 0.25) is 0 Å². The minimum atomic E-state index is -0.0841. The molecule has 0 saturated heterocycles. The number of ether oxygens (including phenoxy) is 1. The number of carbonyl (C=O) groups excluding carboxylic acids is 1. The minimum Gasteiger partial charge on any atom is -0.481 e. The Bertz CT molecular complexity index is 390. The molecule has 0 aliphatic rings. The van der Waals surface area contributed by atoms with Crippen LogP contribution in [0.4, 0.5) is 0 Å². The zero-order valence-corrected chi connectivity index (χ0v) is 14.2. The van der Waals surface area contributed by atoms with E-state index in [1.165, 1.54) is 12.8 Å². The van der Waals surface area contributed by atoms with Crippen LogP contribution in [0.5, 0.6) is 5.75 Å². The fourth-order valence-electron chi connectivity index (χ4n) is 1.59. The Kier molecular flexibility index (Phi) is 8.14. The van der Waals surface area contributed by atoms with Gasteiger partial charge in [-0.25, -0.2) is 0 Å². The van der Waals surface area contributed by atoms with Crippen LogP contribution in [-0.4, -0.2) is 19.1 Å². The molecule has 1 aromatic rings. The molecule has 1 N–H and O–H groups in total. The van der Waals surface area contributed by atoms with Crippen molar-refractivity contribution >= 4 is 37.8 Å². The van der Waals surface area contributed by atoms with Gasteiger partial charge in [-0.15, -0.1) is 0 Å². The van der Waals surface area contributed by atoms with E-state index in [1.807, 2.05) is 18.2 Å². The first kappa shape index (κ1) is 16.5. The van der Waals surface area contributed by atoms with Crippen LogP contribution >= 0.6 is 31.9 Å². The molecule has 0 aliphatic heterocycles. The fourth-order valence-corrected chi connectivity index (χ4v) is 2.82. The third kappa shape index (κ3) is 6.43. The zero-order valence-electron chi connectivity index (χ0n) is 11.0. The van der Waals surface area contributed by atoms with Crippen LogP contribution in [0.1, 0.15) is 32.6 Å². The van der Waals surface area contributed by atoms with Gasteiger partial charge in [-0.3, -0.25) is 4.79 Å². The van der Waals surface area contributed by atoms with Crippen LogP contribution in [0.15, 0.2) is 27.1 Å². The number of carbonyl (C=O) groups is 1. The molecule has 3 nitrogen and oxygen atoms in total. The summed E-state index contributed by atoms with van der Waals surface area (Å²) in [5, 5.41) is 2.86. The van der Waals surface area contributed by atoms with Gasteiger partial charge in [-0.1, -0.05) is 32.3 Å². The monoisotopic (exact) mass is 391 g/mol. The lowest BCUT2D eigenvalue weighted by atomic mass is 10.2. The van der Waals surface area contributed by atoms with Crippen molar-refractivity contribution in [3.63, 3.8) is 0 Å². The van der Waals surface area contributed by atoms with E-state index in [2.05, 4.69) is 44.1 Å². The number of halogens is 2. The van der Waals surface area contributed by atoms with Gasteiger partial charge in [0.15, 0.2) is 6.61 Å². The maximum Gasteiger partial charge on any atom is 0.257 e. The minimum absolute atomic E-state index is 0.0367. The molecule has 0 aliphatic carbocycles. The Morgan fingerprint density at radius 2 is 1.89 bits per heavy atom. The molecule has 0 atom stereocenters. The van der Waals surface area contributed by atoms with E-state index in [1.54, 1.807) is 0 Å². The lowest BCUT2D eigenvalue weighted by Crippen LogP contribution is -2.29. The maximum atomic E-state index is 11.6. The van der Waals surface area contributed by atoms with Crippen LogP contribution < -0.4 is 10.1 Å². The first-order valence-electron chi connectivity index (χ1n) is 6.48. The molecular formula is C14H19Br2NO2. The summed E-state index contributed by atoms with van der Waals surface area (Å²) in [6, 6.07) is 5.65. The smallest absolute Gasteiger partial charge is 0.257 e. The molecule has 0 fully saturated rings. The molecular weight excluding hydrogens is 374 g/mol. The van der Waals surface area contributed by atoms with Crippen molar-refractivity contribution in [1.29, 1.82) is 0 Å². The van der Waals surface area contributed by atoms with Gasteiger partial charge >= 0.3 is 0 Å². The van der Waals surface area contributed by atoms with Crippen molar-refractivity contribution in [3.05, 3.63) is 27.1 Å². The van der Waals surface area contributed by atoms with E-state index in [4.69, 9.17) is 4.74 Å². The number of nitrogens with one attached hydrogen (secondary N) is 1. The summed E-state index contributed by atoms with van der Waals surface area (Å²) >= 11 is 6.78. The number of hydrogen-bond acceptors (Lipinski definition) is 2. The highest BCUT2D eigenvalue weighted by atomic mass is 79.9. The highest BCUT2D eigenvalue weighted by Crippen LogP contribution is 2.32. The number of para-hydroxylation sites is 1. The predicted octanol–water partition coefficient (Wildman–Crippen LogP) is 4.29. The van der Waals surface area contributed by atoms with Crippen molar-refractivity contribution in [2.24, 2.45) is 0 Å². The summed E-state index contributed by atoms with van der Waals surface area (Å²) in [5.74, 6) is 0.572. The molecule has 0 aromatic heterocycles. The van der Waals surface area contributed by atoms with Crippen LogP contribution in [0.3, 0.4) is 0 Å². The normalized spacial score (nSPS) is 10.3. The van der Waals surface area contributed by atoms with E-state index >= 15 is 0 Å². The van der Waals surface area contributed by atoms with Gasteiger partial charge < -0.3 is 10.1 Å². The van der Waals surface area contributed by atoms with Crippen molar-refractivity contribution in [1.82, 2.24) is 5.32 Å². The lowest BCUT2D eigenvalue weighted by molar-refractivity contribution is -0.123. The second-order valence-electron chi connectivity index (χ2n) is 4.25. The zero-order chi connectivity index (χ0) is 14.1. The molecule has 0 saturated carbocycles. The quantitative estimate of drug-likeness (QED) is 0.670. The highest BCUT2D eigenvalue weighted by Gasteiger charge is 2.08. The molecule has 106 valence electrons. The lowest BCUT2D eigenvalue weighted by Gasteiger charge is -2.10. The fraction of sp³-hybridized carbons (Fsp3) is 0.500. The van der Waals surface area contributed by atoms with E-state index in [0.717, 1.165) is 28.3 Å². The van der Waals surface area contributed by atoms with E-state index < -0.39 is 0 Å². The Morgan fingerprint density at radius 1 is 1.21 bits per heavy atom. The Morgan fingerprint density at radius 3 is 2.53 bits per heavy atom. The topological polar surface area (TPSA) is 38.3 Å². The number of unbranched alkanes of at least 4 members (excludes halogenated alkanes) is 3. The Hall–Kier alpha value is -0.550.